The molecule has 3 rings (SSSR count). The van der Waals surface area contributed by atoms with E-state index in [2.05, 4.69) is 20.4 Å². The van der Waals surface area contributed by atoms with E-state index in [4.69, 9.17) is 0 Å². The van der Waals surface area contributed by atoms with E-state index in [1.807, 2.05) is 29.2 Å². The summed E-state index contributed by atoms with van der Waals surface area (Å²) in [6.07, 6.45) is 1.60. The van der Waals surface area contributed by atoms with Crippen molar-refractivity contribution >= 4 is 5.91 Å². The van der Waals surface area contributed by atoms with Gasteiger partial charge in [-0.25, -0.2) is 4.68 Å². The summed E-state index contributed by atoms with van der Waals surface area (Å²) >= 11 is 0. The highest BCUT2D eigenvalue weighted by molar-refractivity contribution is 5.79. The van der Waals surface area contributed by atoms with Crippen LogP contribution >= 0.6 is 0 Å². The molecule has 1 fully saturated rings. The third kappa shape index (κ3) is 4.15. The van der Waals surface area contributed by atoms with Gasteiger partial charge in [-0.1, -0.05) is 12.1 Å². The number of aliphatic hydroxyl groups excluding tert-OH is 1. The number of hydrogen-bond acceptors (Lipinski definition) is 6. The van der Waals surface area contributed by atoms with Crippen LogP contribution in [-0.4, -0.2) is 79.8 Å². The Labute approximate surface area is 140 Å². The highest BCUT2D eigenvalue weighted by Crippen LogP contribution is 2.11. The maximum Gasteiger partial charge on any atom is 0.227 e. The second kappa shape index (κ2) is 7.50. The zero-order valence-electron chi connectivity index (χ0n) is 13.7. The van der Waals surface area contributed by atoms with E-state index in [9.17, 15) is 9.90 Å². The summed E-state index contributed by atoms with van der Waals surface area (Å²) in [5, 5.41) is 20.5. The fraction of sp³-hybridized carbons (Fsp3) is 0.500. The van der Waals surface area contributed by atoms with Crippen molar-refractivity contribution in [2.45, 2.75) is 19.4 Å². The van der Waals surface area contributed by atoms with Gasteiger partial charge < -0.3 is 10.0 Å². The van der Waals surface area contributed by atoms with Crippen molar-refractivity contribution in [3.8, 4) is 5.69 Å². The minimum atomic E-state index is -0.328. The molecule has 0 bridgehead atoms. The molecule has 2 heterocycles. The number of nitrogens with zero attached hydrogens (tertiary/aromatic N) is 6. The van der Waals surface area contributed by atoms with Gasteiger partial charge in [-0.2, -0.15) is 0 Å². The SMILES string of the molecule is CC(O)CN1CCN(C(=O)Cc2ccc(-n3cnnn3)cc2)CC1. The topological polar surface area (TPSA) is 87.4 Å². The molecule has 1 aromatic carbocycles. The summed E-state index contributed by atoms with van der Waals surface area (Å²) in [6.45, 7) is 5.52. The number of benzene rings is 1. The summed E-state index contributed by atoms with van der Waals surface area (Å²) in [5.74, 6) is 0.141. The van der Waals surface area contributed by atoms with Crippen molar-refractivity contribution in [2.75, 3.05) is 32.7 Å². The molecule has 0 saturated carbocycles. The zero-order valence-corrected chi connectivity index (χ0v) is 13.7. The Hall–Kier alpha value is -2.32. The van der Waals surface area contributed by atoms with E-state index in [0.717, 1.165) is 24.3 Å². The maximum absolute atomic E-state index is 12.4. The smallest absolute Gasteiger partial charge is 0.227 e. The lowest BCUT2D eigenvalue weighted by molar-refractivity contribution is -0.132. The molecule has 1 aliphatic heterocycles. The predicted octanol–water partition coefficient (Wildman–Crippen LogP) is -0.270. The van der Waals surface area contributed by atoms with Gasteiger partial charge in [0.1, 0.15) is 6.33 Å². The molecule has 0 aliphatic carbocycles. The van der Waals surface area contributed by atoms with Crippen molar-refractivity contribution in [1.82, 2.24) is 30.0 Å². The van der Waals surface area contributed by atoms with E-state index in [1.165, 1.54) is 6.33 Å². The summed E-state index contributed by atoms with van der Waals surface area (Å²) < 4.78 is 1.58. The minimum absolute atomic E-state index is 0.141. The molecule has 1 N–H and O–H groups in total. The van der Waals surface area contributed by atoms with Gasteiger partial charge in [0.2, 0.25) is 5.91 Å². The molecular weight excluding hydrogens is 308 g/mol. The number of rotatable bonds is 5. The van der Waals surface area contributed by atoms with Crippen LogP contribution in [0.5, 0.6) is 0 Å². The summed E-state index contributed by atoms with van der Waals surface area (Å²) in [4.78, 5) is 16.5. The van der Waals surface area contributed by atoms with Crippen molar-refractivity contribution in [2.24, 2.45) is 0 Å². The maximum atomic E-state index is 12.4. The van der Waals surface area contributed by atoms with Gasteiger partial charge in [0.05, 0.1) is 18.2 Å². The number of hydrogen-bond donors (Lipinski definition) is 1. The largest absolute Gasteiger partial charge is 0.392 e. The summed E-state index contributed by atoms with van der Waals surface area (Å²) in [6, 6.07) is 7.66. The van der Waals surface area contributed by atoms with E-state index in [0.29, 0.717) is 26.1 Å². The minimum Gasteiger partial charge on any atom is -0.392 e. The molecule has 1 aliphatic rings. The van der Waals surface area contributed by atoms with Crippen molar-refractivity contribution in [3.63, 3.8) is 0 Å². The molecule has 1 amide bonds. The molecule has 1 unspecified atom stereocenters. The molecular formula is C16H22N6O2. The van der Waals surface area contributed by atoms with Gasteiger partial charge in [-0.05, 0) is 35.0 Å². The first-order chi connectivity index (χ1) is 11.6. The number of piperazine rings is 1. The average Bonchev–Trinajstić information content (AvgIpc) is 3.10. The molecule has 2 aromatic rings. The highest BCUT2D eigenvalue weighted by atomic mass is 16.3. The lowest BCUT2D eigenvalue weighted by Crippen LogP contribution is -2.50. The van der Waals surface area contributed by atoms with Crippen LogP contribution in [0.1, 0.15) is 12.5 Å². The normalized spacial score (nSPS) is 17.0. The van der Waals surface area contributed by atoms with E-state index < -0.39 is 0 Å². The predicted molar refractivity (Wildman–Crippen MR) is 87.6 cm³/mol. The van der Waals surface area contributed by atoms with Gasteiger partial charge >= 0.3 is 0 Å². The Balaban J connectivity index is 1.52. The second-order valence-electron chi connectivity index (χ2n) is 6.13. The Morgan fingerprint density at radius 2 is 1.92 bits per heavy atom. The Morgan fingerprint density at radius 1 is 1.21 bits per heavy atom. The lowest BCUT2D eigenvalue weighted by atomic mass is 10.1. The van der Waals surface area contributed by atoms with Gasteiger partial charge in [0.25, 0.3) is 0 Å². The Bertz CT molecular complexity index is 648. The first-order valence-corrected chi connectivity index (χ1v) is 8.12. The standard InChI is InChI=1S/C16H22N6O2/c1-13(23)11-20-6-8-21(9-7-20)16(24)10-14-2-4-15(5-3-14)22-12-17-18-19-22/h2-5,12-13,23H,6-11H2,1H3. The molecule has 1 aromatic heterocycles. The van der Waals surface area contributed by atoms with Crippen LogP contribution in [0.2, 0.25) is 0 Å². The zero-order chi connectivity index (χ0) is 16.9. The molecule has 0 radical (unpaired) electrons. The first-order valence-electron chi connectivity index (χ1n) is 8.12. The fourth-order valence-corrected chi connectivity index (χ4v) is 2.89. The molecule has 128 valence electrons. The van der Waals surface area contributed by atoms with Crippen LogP contribution in [0.15, 0.2) is 30.6 Å². The second-order valence-corrected chi connectivity index (χ2v) is 6.13. The molecule has 24 heavy (non-hydrogen) atoms. The number of amides is 1. The third-order valence-electron chi connectivity index (χ3n) is 4.15. The van der Waals surface area contributed by atoms with Gasteiger partial charge in [0.15, 0.2) is 0 Å². The van der Waals surface area contributed by atoms with Crippen LogP contribution in [-0.2, 0) is 11.2 Å². The monoisotopic (exact) mass is 330 g/mol. The molecule has 0 spiro atoms. The van der Waals surface area contributed by atoms with Crippen LogP contribution in [0.3, 0.4) is 0 Å². The van der Waals surface area contributed by atoms with Crippen molar-refractivity contribution in [1.29, 1.82) is 0 Å². The van der Waals surface area contributed by atoms with Crippen LogP contribution < -0.4 is 0 Å². The first kappa shape index (κ1) is 16.5. The molecule has 1 atom stereocenters. The number of aliphatic hydroxyl groups is 1. The molecule has 8 nitrogen and oxygen atoms in total. The summed E-state index contributed by atoms with van der Waals surface area (Å²) in [5.41, 5.74) is 1.84. The van der Waals surface area contributed by atoms with E-state index in [1.54, 1.807) is 11.6 Å². The van der Waals surface area contributed by atoms with Crippen LogP contribution in [0.4, 0.5) is 0 Å². The van der Waals surface area contributed by atoms with Gasteiger partial charge in [-0.3, -0.25) is 9.69 Å². The fourth-order valence-electron chi connectivity index (χ4n) is 2.89. The van der Waals surface area contributed by atoms with Crippen LogP contribution in [0, 0.1) is 0 Å². The van der Waals surface area contributed by atoms with Crippen molar-refractivity contribution < 1.29 is 9.90 Å². The number of β-amino-alcohol motifs (C(OH)–C–C–N with tert-alkyl or cyclic N) is 1. The molecule has 8 heteroatoms. The third-order valence-corrected chi connectivity index (χ3v) is 4.15. The summed E-state index contributed by atoms with van der Waals surface area (Å²) in [7, 11) is 0. The Kier molecular flexibility index (Phi) is 5.17. The van der Waals surface area contributed by atoms with E-state index >= 15 is 0 Å². The number of aromatic nitrogens is 4. The molecule has 1 saturated heterocycles. The number of carbonyl (C=O) groups is 1. The van der Waals surface area contributed by atoms with Crippen molar-refractivity contribution in [3.05, 3.63) is 36.2 Å². The average molecular weight is 330 g/mol. The van der Waals surface area contributed by atoms with Gasteiger partial charge in [0, 0.05) is 32.7 Å². The Morgan fingerprint density at radius 3 is 2.50 bits per heavy atom. The van der Waals surface area contributed by atoms with E-state index in [-0.39, 0.29) is 12.0 Å². The quantitative estimate of drug-likeness (QED) is 0.812. The highest BCUT2D eigenvalue weighted by Gasteiger charge is 2.21. The van der Waals surface area contributed by atoms with Gasteiger partial charge in [-0.15, -0.1) is 5.10 Å². The number of carbonyl (C=O) groups excluding carboxylic acids is 1. The lowest BCUT2D eigenvalue weighted by Gasteiger charge is -2.35. The number of tetrazole rings is 1. The van der Waals surface area contributed by atoms with Crippen LogP contribution in [0.25, 0.3) is 5.69 Å².